The van der Waals surface area contributed by atoms with Gasteiger partial charge < -0.3 is 8.98 Å². The van der Waals surface area contributed by atoms with Crippen molar-refractivity contribution in [3.05, 3.63) is 83.4 Å². The predicted molar refractivity (Wildman–Crippen MR) is 110 cm³/mol. The van der Waals surface area contributed by atoms with Gasteiger partial charge in [0.2, 0.25) is 0 Å². The van der Waals surface area contributed by atoms with Crippen LogP contribution in [0.2, 0.25) is 0 Å². The molecule has 0 heterocycles. The van der Waals surface area contributed by atoms with Crippen molar-refractivity contribution in [3.63, 3.8) is 0 Å². The van der Waals surface area contributed by atoms with Gasteiger partial charge in [0.05, 0.1) is 0 Å². The first-order valence-electron chi connectivity index (χ1n) is 9.05. The normalized spacial score (nSPS) is 11.2. The van der Waals surface area contributed by atoms with E-state index in [1.807, 2.05) is 56.3 Å². The molecular formula is C23H22O4S. The molecule has 0 saturated heterocycles. The second-order valence-corrected chi connectivity index (χ2v) is 8.21. The minimum Gasteiger partial charge on any atom is -0.378 e. The summed E-state index contributed by atoms with van der Waals surface area (Å²) in [6.07, 6.45) is 1.51. The second-order valence-electron chi connectivity index (χ2n) is 6.67. The van der Waals surface area contributed by atoms with Gasteiger partial charge in [-0.3, -0.25) is 0 Å². The van der Waals surface area contributed by atoms with Crippen molar-refractivity contribution in [2.24, 2.45) is 0 Å². The second kappa shape index (κ2) is 8.40. The zero-order valence-corrected chi connectivity index (χ0v) is 16.7. The monoisotopic (exact) mass is 394 g/mol. The molecule has 0 aliphatic heterocycles. The molecule has 0 unspecified atom stereocenters. The highest BCUT2D eigenvalue weighted by molar-refractivity contribution is 7.87. The van der Waals surface area contributed by atoms with Crippen molar-refractivity contribution in [1.82, 2.24) is 0 Å². The number of rotatable bonds is 7. The zero-order chi connectivity index (χ0) is 20.1. The van der Waals surface area contributed by atoms with Crippen molar-refractivity contribution in [2.75, 3.05) is 0 Å². The van der Waals surface area contributed by atoms with Crippen molar-refractivity contribution in [2.45, 2.75) is 31.6 Å². The van der Waals surface area contributed by atoms with Gasteiger partial charge in [-0.15, -0.1) is 0 Å². The fraction of sp³-hybridized carbons (Fsp3) is 0.174. The van der Waals surface area contributed by atoms with E-state index in [0.717, 1.165) is 28.5 Å². The average Bonchev–Trinajstić information content (AvgIpc) is 2.68. The van der Waals surface area contributed by atoms with Gasteiger partial charge in [0.15, 0.2) is 5.75 Å². The van der Waals surface area contributed by atoms with Crippen LogP contribution in [0.5, 0.6) is 5.75 Å². The van der Waals surface area contributed by atoms with Crippen LogP contribution in [0.4, 0.5) is 0 Å². The van der Waals surface area contributed by atoms with Crippen molar-refractivity contribution in [3.8, 4) is 16.9 Å². The van der Waals surface area contributed by atoms with Gasteiger partial charge in [0, 0.05) is 12.0 Å². The van der Waals surface area contributed by atoms with Crippen LogP contribution in [0.1, 0.15) is 23.1 Å². The van der Waals surface area contributed by atoms with Gasteiger partial charge in [-0.1, -0.05) is 60.2 Å². The van der Waals surface area contributed by atoms with Crippen LogP contribution in [-0.4, -0.2) is 14.7 Å². The lowest BCUT2D eigenvalue weighted by atomic mass is 9.95. The van der Waals surface area contributed by atoms with Gasteiger partial charge in [-0.2, -0.15) is 8.42 Å². The molecule has 144 valence electrons. The lowest BCUT2D eigenvalue weighted by molar-refractivity contribution is -0.107. The third-order valence-electron chi connectivity index (χ3n) is 4.54. The summed E-state index contributed by atoms with van der Waals surface area (Å²) in [5.41, 5.74) is 4.13. The minimum atomic E-state index is -4.01. The molecule has 28 heavy (non-hydrogen) atoms. The number of hydrogen-bond acceptors (Lipinski definition) is 4. The Labute approximate surface area is 165 Å². The Morgan fingerprint density at radius 3 is 2.21 bits per heavy atom. The Balaban J connectivity index is 2.15. The third kappa shape index (κ3) is 4.31. The highest BCUT2D eigenvalue weighted by Crippen LogP contribution is 2.38. The van der Waals surface area contributed by atoms with Crippen molar-refractivity contribution >= 4 is 16.4 Å². The Morgan fingerprint density at radius 2 is 1.57 bits per heavy atom. The molecule has 0 saturated carbocycles. The van der Waals surface area contributed by atoms with Crippen LogP contribution in [0.3, 0.4) is 0 Å². The van der Waals surface area contributed by atoms with E-state index in [9.17, 15) is 13.2 Å². The number of hydrogen-bond donors (Lipinski definition) is 0. The van der Waals surface area contributed by atoms with Gasteiger partial charge in [-0.25, -0.2) is 0 Å². The topological polar surface area (TPSA) is 60.4 Å². The van der Waals surface area contributed by atoms with Crippen LogP contribution in [0.15, 0.2) is 71.6 Å². The van der Waals surface area contributed by atoms with Crippen molar-refractivity contribution in [1.29, 1.82) is 0 Å². The maximum atomic E-state index is 12.9. The van der Waals surface area contributed by atoms with Crippen LogP contribution in [0.25, 0.3) is 11.1 Å². The van der Waals surface area contributed by atoms with E-state index in [-0.39, 0.29) is 17.1 Å². The summed E-state index contributed by atoms with van der Waals surface area (Å²) >= 11 is 0. The lowest BCUT2D eigenvalue weighted by Crippen LogP contribution is -2.12. The fourth-order valence-electron chi connectivity index (χ4n) is 3.06. The Morgan fingerprint density at radius 1 is 0.893 bits per heavy atom. The zero-order valence-electron chi connectivity index (χ0n) is 15.9. The molecule has 0 amide bonds. The maximum Gasteiger partial charge on any atom is 0.339 e. The number of aryl methyl sites for hydroxylation is 3. The van der Waals surface area contributed by atoms with Crippen LogP contribution in [-0.2, 0) is 21.3 Å². The summed E-state index contributed by atoms with van der Waals surface area (Å²) in [6, 6.07) is 19.8. The van der Waals surface area contributed by atoms with E-state index in [4.69, 9.17) is 4.18 Å². The van der Waals surface area contributed by atoms with Crippen LogP contribution in [0, 0.1) is 13.8 Å². The summed E-state index contributed by atoms with van der Waals surface area (Å²) in [4.78, 5) is 11.0. The summed E-state index contributed by atoms with van der Waals surface area (Å²) in [7, 11) is -4.01. The Bertz CT molecular complexity index is 1070. The SMILES string of the molecule is Cc1ccc(S(=O)(=O)Oc2c(CCC=O)ccc(C)c2-c2ccccc2)cc1. The van der Waals surface area contributed by atoms with Gasteiger partial charge in [-0.05, 0) is 49.1 Å². The van der Waals surface area contributed by atoms with Gasteiger partial charge in [0.25, 0.3) is 0 Å². The van der Waals surface area contributed by atoms with Crippen LogP contribution < -0.4 is 4.18 Å². The molecule has 0 aliphatic rings. The molecule has 3 aromatic carbocycles. The average molecular weight is 394 g/mol. The fourth-order valence-corrected chi connectivity index (χ4v) is 4.03. The summed E-state index contributed by atoms with van der Waals surface area (Å²) in [5.74, 6) is 0.286. The molecule has 0 fully saturated rings. The van der Waals surface area contributed by atoms with E-state index in [0.29, 0.717) is 12.0 Å². The van der Waals surface area contributed by atoms with E-state index < -0.39 is 10.1 Å². The number of carbonyl (C=O) groups is 1. The molecule has 0 N–H and O–H groups in total. The van der Waals surface area contributed by atoms with Crippen molar-refractivity contribution < 1.29 is 17.4 Å². The number of aldehydes is 1. The summed E-state index contributed by atoms with van der Waals surface area (Å²) < 4.78 is 31.6. The number of carbonyl (C=O) groups excluding carboxylic acids is 1. The lowest BCUT2D eigenvalue weighted by Gasteiger charge is -2.18. The molecule has 0 aliphatic carbocycles. The van der Waals surface area contributed by atoms with Gasteiger partial charge in [0.1, 0.15) is 11.2 Å². The standard InChI is InChI=1S/C23H22O4S/c1-17-10-14-21(15-11-17)28(25,26)27-23-20(9-6-16-24)13-12-18(2)22(23)19-7-4-3-5-8-19/h3-5,7-8,10-16H,6,9H2,1-2H3. The summed E-state index contributed by atoms with van der Waals surface area (Å²) in [6.45, 7) is 3.81. The van der Waals surface area contributed by atoms with E-state index >= 15 is 0 Å². The highest BCUT2D eigenvalue weighted by atomic mass is 32.2. The molecular weight excluding hydrogens is 372 g/mol. The molecule has 0 bridgehead atoms. The molecule has 4 nitrogen and oxygen atoms in total. The quantitative estimate of drug-likeness (QED) is 0.424. The molecule has 0 aromatic heterocycles. The molecule has 0 spiro atoms. The first-order chi connectivity index (χ1) is 13.4. The van der Waals surface area contributed by atoms with E-state index in [2.05, 4.69) is 0 Å². The minimum absolute atomic E-state index is 0.0972. The first-order valence-corrected chi connectivity index (χ1v) is 10.5. The molecule has 0 radical (unpaired) electrons. The summed E-state index contributed by atoms with van der Waals surface area (Å²) in [5, 5.41) is 0. The highest BCUT2D eigenvalue weighted by Gasteiger charge is 2.23. The molecule has 5 heteroatoms. The largest absolute Gasteiger partial charge is 0.378 e. The molecule has 0 atom stereocenters. The third-order valence-corrected chi connectivity index (χ3v) is 5.78. The van der Waals surface area contributed by atoms with Crippen LogP contribution >= 0.6 is 0 Å². The van der Waals surface area contributed by atoms with Gasteiger partial charge >= 0.3 is 10.1 Å². The van der Waals surface area contributed by atoms with E-state index in [1.54, 1.807) is 12.1 Å². The smallest absolute Gasteiger partial charge is 0.339 e. The van der Waals surface area contributed by atoms with E-state index in [1.165, 1.54) is 12.1 Å². The Kier molecular flexibility index (Phi) is 5.95. The first kappa shape index (κ1) is 19.8. The Hall–Kier alpha value is -2.92. The predicted octanol–water partition coefficient (Wildman–Crippen LogP) is 4.87. The number of benzene rings is 3. The molecule has 3 aromatic rings. The maximum absolute atomic E-state index is 12.9. The molecule has 3 rings (SSSR count).